The largest absolute Gasteiger partial charge is 0.400 e. The van der Waals surface area contributed by atoms with Crippen LogP contribution in [0, 0.1) is 11.7 Å². The average Bonchev–Trinajstić information content (AvgIpc) is 2.98. The molecule has 0 bridgehead atoms. The van der Waals surface area contributed by atoms with Crippen LogP contribution in [0.25, 0.3) is 0 Å². The summed E-state index contributed by atoms with van der Waals surface area (Å²) >= 11 is 6.29. The Labute approximate surface area is 249 Å². The molecular formula is C29H41ClF6N4O2. The van der Waals surface area contributed by atoms with Crippen LogP contribution in [-0.4, -0.2) is 80.4 Å². The Morgan fingerprint density at radius 3 is 2.19 bits per heavy atom. The number of rotatable bonds is 9. The lowest BCUT2D eigenvalue weighted by Crippen LogP contribution is -2.34. The molecule has 1 aliphatic rings. The number of aromatic nitrogens is 1. The number of aliphatic hydroxyl groups is 1. The zero-order chi connectivity index (χ0) is 32.4. The Kier molecular flexibility index (Phi) is 19.3. The molecule has 0 spiro atoms. The van der Waals surface area contributed by atoms with Crippen LogP contribution in [0.4, 0.5) is 32.5 Å². The molecule has 1 aromatic carbocycles. The van der Waals surface area contributed by atoms with Crippen molar-refractivity contribution in [2.75, 3.05) is 52.8 Å². The number of hydrogen-bond acceptors (Lipinski definition) is 5. The summed E-state index contributed by atoms with van der Waals surface area (Å²) in [6, 6.07) is 10.4. The van der Waals surface area contributed by atoms with Gasteiger partial charge in [0.25, 0.3) is 5.91 Å². The predicted molar refractivity (Wildman–Crippen MR) is 155 cm³/mol. The average molecular weight is 627 g/mol. The van der Waals surface area contributed by atoms with Gasteiger partial charge in [-0.1, -0.05) is 37.2 Å². The Balaban J connectivity index is 0.00000190. The molecule has 238 valence electrons. The zero-order valence-corrected chi connectivity index (χ0v) is 25.4. The second kappa shape index (κ2) is 20.8. The fourth-order valence-electron chi connectivity index (χ4n) is 4.51. The molecule has 0 saturated carbocycles. The van der Waals surface area contributed by atoms with Gasteiger partial charge in [-0.15, -0.1) is 0 Å². The Hall–Kier alpha value is -2.99. The molecule has 1 saturated heterocycles. The smallest absolute Gasteiger partial charge is 0.379 e. The van der Waals surface area contributed by atoms with Crippen LogP contribution in [0.15, 0.2) is 48.7 Å². The SMILES string of the molecule is C=C(C(C)c1cccc(F)c1)N(C)CCCC1CCN(c2ccc(C(=O)N(C)C)c(Cl)n2)CC1.CO.FC(F)F.FF. The molecule has 2 heterocycles. The lowest BCUT2D eigenvalue weighted by molar-refractivity contribution is 0.00818. The summed E-state index contributed by atoms with van der Waals surface area (Å²) in [5, 5.41) is 7.26. The number of piperidine rings is 1. The highest BCUT2D eigenvalue weighted by Gasteiger charge is 2.22. The van der Waals surface area contributed by atoms with E-state index in [0.717, 1.165) is 63.1 Å². The molecular weight excluding hydrogens is 586 g/mol. The minimum Gasteiger partial charge on any atom is -0.400 e. The number of anilines is 1. The summed E-state index contributed by atoms with van der Waals surface area (Å²) in [6.45, 7) is 5.49. The minimum absolute atomic E-state index is 0.0858. The molecule has 0 aliphatic carbocycles. The van der Waals surface area contributed by atoms with E-state index < -0.39 is 6.68 Å². The van der Waals surface area contributed by atoms with Crippen molar-refractivity contribution >= 4 is 23.3 Å². The third-order valence-corrected chi connectivity index (χ3v) is 7.14. The Morgan fingerprint density at radius 2 is 1.69 bits per heavy atom. The van der Waals surface area contributed by atoms with Gasteiger partial charge in [0.15, 0.2) is 0 Å². The maximum absolute atomic E-state index is 13.6. The van der Waals surface area contributed by atoms with E-state index in [4.69, 9.17) is 25.9 Å². The molecule has 2 aromatic rings. The van der Waals surface area contributed by atoms with Gasteiger partial charge in [0.2, 0.25) is 0 Å². The van der Waals surface area contributed by atoms with E-state index in [-0.39, 0.29) is 22.8 Å². The topological polar surface area (TPSA) is 59.9 Å². The van der Waals surface area contributed by atoms with E-state index in [0.29, 0.717) is 11.5 Å². The monoisotopic (exact) mass is 626 g/mol. The van der Waals surface area contributed by atoms with Gasteiger partial charge < -0.3 is 19.8 Å². The number of nitrogens with zero attached hydrogens (tertiary/aromatic N) is 4. The number of carbonyl (C=O) groups excluding carboxylic acids is 1. The fourth-order valence-corrected chi connectivity index (χ4v) is 4.74. The van der Waals surface area contributed by atoms with Crippen LogP contribution < -0.4 is 4.90 Å². The number of aliphatic hydroxyl groups excluding tert-OH is 1. The van der Waals surface area contributed by atoms with Crippen LogP contribution in [0.1, 0.15) is 54.4 Å². The Morgan fingerprint density at radius 1 is 1.12 bits per heavy atom. The molecule has 1 aliphatic heterocycles. The molecule has 3 rings (SSSR count). The zero-order valence-electron chi connectivity index (χ0n) is 24.6. The summed E-state index contributed by atoms with van der Waals surface area (Å²) < 4.78 is 58.6. The highest BCUT2D eigenvalue weighted by molar-refractivity contribution is 6.32. The summed E-state index contributed by atoms with van der Waals surface area (Å²) in [5.74, 6) is 1.26. The molecule has 0 radical (unpaired) electrons. The summed E-state index contributed by atoms with van der Waals surface area (Å²) in [4.78, 5) is 22.6. The van der Waals surface area contributed by atoms with E-state index in [1.807, 2.05) is 12.1 Å². The van der Waals surface area contributed by atoms with Gasteiger partial charge in [-0.05, 0) is 61.4 Å². The van der Waals surface area contributed by atoms with Gasteiger partial charge in [0.05, 0.1) is 5.56 Å². The van der Waals surface area contributed by atoms with E-state index in [9.17, 15) is 22.4 Å². The first-order valence-electron chi connectivity index (χ1n) is 13.2. The van der Waals surface area contributed by atoms with Crippen LogP contribution in [0.2, 0.25) is 5.15 Å². The van der Waals surface area contributed by atoms with Crippen molar-refractivity contribution in [3.05, 3.63) is 70.8 Å². The normalized spacial score (nSPS) is 13.4. The van der Waals surface area contributed by atoms with Crippen LogP contribution in [-0.2, 0) is 0 Å². The number of halogens is 7. The van der Waals surface area contributed by atoms with Crippen molar-refractivity contribution in [2.24, 2.45) is 5.92 Å². The number of carbonyl (C=O) groups is 1. The van der Waals surface area contributed by atoms with Gasteiger partial charge >= 0.3 is 6.68 Å². The molecule has 1 aromatic heterocycles. The number of hydrogen-bond donors (Lipinski definition) is 1. The lowest BCUT2D eigenvalue weighted by Gasteiger charge is -2.33. The van der Waals surface area contributed by atoms with E-state index in [2.05, 4.69) is 35.3 Å². The summed E-state index contributed by atoms with van der Waals surface area (Å²) in [6.07, 6.45) is 4.50. The quantitative estimate of drug-likeness (QED) is 0.231. The Bertz CT molecular complexity index is 1070. The number of allylic oxidation sites excluding steroid dienone is 1. The van der Waals surface area contributed by atoms with Crippen molar-refractivity contribution in [3.63, 3.8) is 0 Å². The molecule has 1 fully saturated rings. The maximum Gasteiger partial charge on any atom is 0.379 e. The summed E-state index contributed by atoms with van der Waals surface area (Å²) in [5.41, 5.74) is 2.40. The van der Waals surface area contributed by atoms with Crippen LogP contribution in [0.3, 0.4) is 0 Å². The highest BCUT2D eigenvalue weighted by atomic mass is 35.5. The lowest BCUT2D eigenvalue weighted by atomic mass is 9.92. The number of alkyl halides is 3. The molecule has 13 heteroatoms. The molecule has 6 nitrogen and oxygen atoms in total. The summed E-state index contributed by atoms with van der Waals surface area (Å²) in [7, 11) is 6.48. The van der Waals surface area contributed by atoms with Gasteiger partial charge in [-0.3, -0.25) is 4.79 Å². The van der Waals surface area contributed by atoms with Crippen molar-refractivity contribution in [1.82, 2.24) is 14.8 Å². The second-order valence-electron chi connectivity index (χ2n) is 9.72. The maximum atomic E-state index is 13.6. The minimum atomic E-state index is -3.67. The molecule has 1 amide bonds. The van der Waals surface area contributed by atoms with Crippen molar-refractivity contribution in [3.8, 4) is 0 Å². The molecule has 42 heavy (non-hydrogen) atoms. The van der Waals surface area contributed by atoms with Crippen LogP contribution >= 0.6 is 11.6 Å². The highest BCUT2D eigenvalue weighted by Crippen LogP contribution is 2.29. The number of pyridine rings is 1. The van der Waals surface area contributed by atoms with Crippen molar-refractivity contribution in [2.45, 2.75) is 45.2 Å². The number of likely N-dealkylation sites (N-methyl/N-ethyl adjacent to an activating group) is 1. The van der Waals surface area contributed by atoms with E-state index in [1.165, 1.54) is 17.4 Å². The van der Waals surface area contributed by atoms with Crippen LogP contribution in [0.5, 0.6) is 0 Å². The third-order valence-electron chi connectivity index (χ3n) is 6.85. The van der Waals surface area contributed by atoms with E-state index in [1.54, 1.807) is 32.3 Å². The van der Waals surface area contributed by atoms with Gasteiger partial charge in [0.1, 0.15) is 16.8 Å². The van der Waals surface area contributed by atoms with Crippen molar-refractivity contribution in [1.29, 1.82) is 0 Å². The standard InChI is InChI=1S/C27H36ClFN4O.CHF3.CH4O.F2/c1-19(22-9-6-10-23(29)18-22)20(2)32(5)15-7-8-21-13-16-33(17-14-21)25-12-11-24(26(28)30-25)27(34)31(3)4;2-1(3)4;2*1-2/h6,9-12,18-19,21H,2,7-8,13-17H2,1,3-5H3;1H;2H,1H3;. The first kappa shape index (κ1) is 39.0. The predicted octanol–water partition coefficient (Wildman–Crippen LogP) is 7.45. The third kappa shape index (κ3) is 13.3. The fraction of sp³-hybridized carbons (Fsp3) is 0.517. The van der Waals surface area contributed by atoms with E-state index >= 15 is 0 Å². The first-order chi connectivity index (χ1) is 19.9. The van der Waals surface area contributed by atoms with Crippen molar-refractivity contribution < 1.29 is 36.6 Å². The molecule has 1 N–H and O–H groups in total. The van der Waals surface area contributed by atoms with Gasteiger partial charge in [-0.25, -0.2) is 9.37 Å². The van der Waals surface area contributed by atoms with Gasteiger partial charge in [0, 0.05) is 68.7 Å². The van der Waals surface area contributed by atoms with Gasteiger partial charge in [-0.2, -0.15) is 13.2 Å². The first-order valence-corrected chi connectivity index (χ1v) is 13.6. The molecule has 1 unspecified atom stereocenters. The second-order valence-corrected chi connectivity index (χ2v) is 10.1. The number of amides is 1. The molecule has 1 atom stereocenters. The number of benzene rings is 1.